The van der Waals surface area contributed by atoms with Crippen molar-refractivity contribution in [1.29, 1.82) is 0 Å². The van der Waals surface area contributed by atoms with E-state index in [-0.39, 0.29) is 0 Å². The van der Waals surface area contributed by atoms with E-state index in [2.05, 4.69) is 44.5 Å². The summed E-state index contributed by atoms with van der Waals surface area (Å²) < 4.78 is 6.03. The lowest BCUT2D eigenvalue weighted by Crippen LogP contribution is -2.35. The van der Waals surface area contributed by atoms with Crippen LogP contribution in [0.2, 0.25) is 19.1 Å². The van der Waals surface area contributed by atoms with Crippen LogP contribution < -0.4 is 0 Å². The molecule has 0 rings (SSSR count). The van der Waals surface area contributed by atoms with Crippen molar-refractivity contribution >= 4 is 20.9 Å². The summed E-state index contributed by atoms with van der Waals surface area (Å²) in [5.41, 5.74) is 0. The molecule has 0 aliphatic rings. The van der Waals surface area contributed by atoms with Gasteiger partial charge in [-0.15, -0.1) is 0 Å². The number of likely N-dealkylation sites (N-methyl/N-ethyl adjacent to an activating group) is 1. The summed E-state index contributed by atoms with van der Waals surface area (Å²) in [7, 11) is -1.39. The van der Waals surface area contributed by atoms with Crippen LogP contribution >= 0.6 is 12.6 Å². The highest BCUT2D eigenvalue weighted by Crippen LogP contribution is 2.13. The van der Waals surface area contributed by atoms with Crippen LogP contribution in [0.15, 0.2) is 0 Å². The van der Waals surface area contributed by atoms with Crippen LogP contribution in [0.25, 0.3) is 0 Å². The number of rotatable bonds is 9. The van der Waals surface area contributed by atoms with Crippen molar-refractivity contribution in [1.82, 2.24) is 4.90 Å². The molecule has 0 aromatic heterocycles. The van der Waals surface area contributed by atoms with Gasteiger partial charge < -0.3 is 9.33 Å². The normalized spacial score (nSPS) is 12.4. The Hall–Kier alpha value is 0.487. The Morgan fingerprint density at radius 3 is 2.27 bits per heavy atom. The lowest BCUT2D eigenvalue weighted by Gasteiger charge is -2.25. The van der Waals surface area contributed by atoms with Crippen LogP contribution in [0.3, 0.4) is 0 Å². The first-order valence-corrected chi connectivity index (χ1v) is 9.77. The standard InChI is InChI=1S/C11H27NOSSi/c1-5-12(6-2)8-9-13-15(3,4)11-7-10-14/h14H,5-11H2,1-4H3. The summed E-state index contributed by atoms with van der Waals surface area (Å²) in [5, 5.41) is 0. The Morgan fingerprint density at radius 2 is 1.80 bits per heavy atom. The second-order valence-corrected chi connectivity index (χ2v) is 9.22. The Labute approximate surface area is 102 Å². The highest BCUT2D eigenvalue weighted by molar-refractivity contribution is 7.80. The Morgan fingerprint density at radius 1 is 1.20 bits per heavy atom. The van der Waals surface area contributed by atoms with E-state index in [4.69, 9.17) is 4.43 Å². The molecule has 0 aliphatic carbocycles. The average Bonchev–Trinajstić information content (AvgIpc) is 2.22. The van der Waals surface area contributed by atoms with Crippen LogP contribution in [0.1, 0.15) is 20.3 Å². The van der Waals surface area contributed by atoms with Gasteiger partial charge in [-0.2, -0.15) is 12.6 Å². The molecule has 0 fully saturated rings. The first-order valence-electron chi connectivity index (χ1n) is 6.03. The van der Waals surface area contributed by atoms with Crippen LogP contribution in [0, 0.1) is 0 Å². The lowest BCUT2D eigenvalue weighted by atomic mass is 10.5. The molecule has 0 aromatic rings. The fraction of sp³-hybridized carbons (Fsp3) is 1.00. The van der Waals surface area contributed by atoms with Crippen molar-refractivity contribution in [2.75, 3.05) is 32.0 Å². The molecular formula is C11H27NOSSi. The molecule has 0 aromatic carbocycles. The molecule has 0 atom stereocenters. The molecule has 0 unspecified atom stereocenters. The Balaban J connectivity index is 3.63. The molecule has 2 nitrogen and oxygen atoms in total. The zero-order chi connectivity index (χ0) is 11.7. The first-order chi connectivity index (χ1) is 7.05. The van der Waals surface area contributed by atoms with Gasteiger partial charge in [0.1, 0.15) is 0 Å². The van der Waals surface area contributed by atoms with Gasteiger partial charge in [0.25, 0.3) is 0 Å². The predicted octanol–water partition coefficient (Wildman–Crippen LogP) is 2.87. The van der Waals surface area contributed by atoms with Crippen molar-refractivity contribution in [2.24, 2.45) is 0 Å². The SMILES string of the molecule is CCN(CC)CCO[Si](C)(C)CCCS. The molecule has 0 saturated heterocycles. The summed E-state index contributed by atoms with van der Waals surface area (Å²) in [4.78, 5) is 2.41. The molecule has 0 aliphatic heterocycles. The maximum atomic E-state index is 6.03. The number of hydrogen-bond acceptors (Lipinski definition) is 3. The minimum absolute atomic E-state index is 0.896. The summed E-state index contributed by atoms with van der Waals surface area (Å²) in [6.07, 6.45) is 1.19. The first kappa shape index (κ1) is 15.5. The third-order valence-electron chi connectivity index (χ3n) is 2.73. The second kappa shape index (κ2) is 8.62. The smallest absolute Gasteiger partial charge is 0.186 e. The van der Waals surface area contributed by atoms with Crippen LogP contribution in [0.4, 0.5) is 0 Å². The fourth-order valence-electron chi connectivity index (χ4n) is 1.57. The molecule has 0 saturated carbocycles. The van der Waals surface area contributed by atoms with Gasteiger partial charge >= 0.3 is 0 Å². The van der Waals surface area contributed by atoms with Crippen molar-refractivity contribution in [2.45, 2.75) is 39.4 Å². The maximum absolute atomic E-state index is 6.03. The van der Waals surface area contributed by atoms with E-state index in [0.717, 1.165) is 32.0 Å². The third-order valence-corrected chi connectivity index (χ3v) is 5.59. The minimum Gasteiger partial charge on any atom is -0.416 e. The van der Waals surface area contributed by atoms with Gasteiger partial charge in [0.05, 0.1) is 0 Å². The molecule has 0 amide bonds. The highest BCUT2D eigenvalue weighted by atomic mass is 32.1. The molecule has 4 heteroatoms. The highest BCUT2D eigenvalue weighted by Gasteiger charge is 2.21. The van der Waals surface area contributed by atoms with Gasteiger partial charge in [-0.1, -0.05) is 13.8 Å². The molecule has 0 radical (unpaired) electrons. The molecule has 0 heterocycles. The topological polar surface area (TPSA) is 12.5 Å². The zero-order valence-corrected chi connectivity index (χ0v) is 12.6. The van der Waals surface area contributed by atoms with E-state index in [1.54, 1.807) is 0 Å². The van der Waals surface area contributed by atoms with E-state index >= 15 is 0 Å². The summed E-state index contributed by atoms with van der Waals surface area (Å²) >= 11 is 4.24. The van der Waals surface area contributed by atoms with E-state index in [1.165, 1.54) is 12.5 Å². The van der Waals surface area contributed by atoms with Crippen molar-refractivity contribution in [3.05, 3.63) is 0 Å². The van der Waals surface area contributed by atoms with Gasteiger partial charge in [0, 0.05) is 13.2 Å². The molecule has 15 heavy (non-hydrogen) atoms. The van der Waals surface area contributed by atoms with Gasteiger partial charge in [-0.25, -0.2) is 0 Å². The lowest BCUT2D eigenvalue weighted by molar-refractivity contribution is 0.217. The van der Waals surface area contributed by atoms with Crippen molar-refractivity contribution in [3.63, 3.8) is 0 Å². The Kier molecular flexibility index (Phi) is 8.90. The summed E-state index contributed by atoms with van der Waals surface area (Å²) in [6, 6.07) is 1.23. The second-order valence-electron chi connectivity index (χ2n) is 4.46. The summed E-state index contributed by atoms with van der Waals surface area (Å²) in [6.45, 7) is 13.2. The van der Waals surface area contributed by atoms with Gasteiger partial charge in [0.15, 0.2) is 8.32 Å². The average molecular weight is 249 g/mol. The maximum Gasteiger partial charge on any atom is 0.186 e. The third kappa shape index (κ3) is 8.31. The molecule has 0 N–H and O–H groups in total. The fourth-order valence-corrected chi connectivity index (χ4v) is 3.84. The molecule has 0 bridgehead atoms. The minimum atomic E-state index is -1.39. The number of hydrogen-bond donors (Lipinski definition) is 1. The van der Waals surface area contributed by atoms with Crippen LogP contribution in [0.5, 0.6) is 0 Å². The molecule has 92 valence electrons. The number of nitrogens with zero attached hydrogens (tertiary/aromatic N) is 1. The number of thiol groups is 1. The zero-order valence-electron chi connectivity index (χ0n) is 10.8. The van der Waals surface area contributed by atoms with E-state index in [0.29, 0.717) is 0 Å². The van der Waals surface area contributed by atoms with Crippen LogP contribution in [-0.2, 0) is 4.43 Å². The van der Waals surface area contributed by atoms with E-state index < -0.39 is 8.32 Å². The van der Waals surface area contributed by atoms with Crippen molar-refractivity contribution in [3.8, 4) is 0 Å². The van der Waals surface area contributed by atoms with E-state index in [9.17, 15) is 0 Å². The quantitative estimate of drug-likeness (QED) is 0.498. The molecular weight excluding hydrogens is 222 g/mol. The monoisotopic (exact) mass is 249 g/mol. The van der Waals surface area contributed by atoms with E-state index in [1.807, 2.05) is 0 Å². The molecule has 0 spiro atoms. The van der Waals surface area contributed by atoms with Gasteiger partial charge in [0.2, 0.25) is 0 Å². The van der Waals surface area contributed by atoms with Gasteiger partial charge in [-0.3, -0.25) is 0 Å². The van der Waals surface area contributed by atoms with Crippen molar-refractivity contribution < 1.29 is 4.43 Å². The van der Waals surface area contributed by atoms with Gasteiger partial charge in [-0.05, 0) is 44.4 Å². The largest absolute Gasteiger partial charge is 0.416 e. The summed E-state index contributed by atoms with van der Waals surface area (Å²) in [5.74, 6) is 0.982. The Bertz CT molecular complexity index is 152. The predicted molar refractivity (Wildman–Crippen MR) is 74.5 cm³/mol. The van der Waals surface area contributed by atoms with Crippen LogP contribution in [-0.4, -0.2) is 45.2 Å².